The van der Waals surface area contributed by atoms with Crippen LogP contribution < -0.4 is 10.6 Å². The molecule has 3 atom stereocenters. The van der Waals surface area contributed by atoms with Gasteiger partial charge in [-0.2, -0.15) is 12.6 Å². The zero-order valence-corrected chi connectivity index (χ0v) is 9.49. The third-order valence-corrected chi connectivity index (χ3v) is 2.24. The molecule has 7 heteroatoms. The number of likely N-dealkylation sites (N-methyl/N-ethyl adjacent to an activating group) is 1. The number of aliphatic hydroxyl groups is 1. The molecule has 88 valence electrons. The Morgan fingerprint density at radius 1 is 1.47 bits per heavy atom. The summed E-state index contributed by atoms with van der Waals surface area (Å²) in [6.45, 7) is 1.44. The van der Waals surface area contributed by atoms with E-state index < -0.39 is 30.1 Å². The number of aliphatic carboxylic acids is 1. The molecule has 0 aliphatic carbocycles. The first kappa shape index (κ1) is 14.2. The van der Waals surface area contributed by atoms with Crippen molar-refractivity contribution in [3.63, 3.8) is 0 Å². The van der Waals surface area contributed by atoms with Crippen molar-refractivity contribution in [3.05, 3.63) is 0 Å². The zero-order chi connectivity index (χ0) is 12.0. The highest BCUT2D eigenvalue weighted by Crippen LogP contribution is 1.95. The first-order valence-corrected chi connectivity index (χ1v) is 5.06. The van der Waals surface area contributed by atoms with E-state index in [0.717, 1.165) is 0 Å². The van der Waals surface area contributed by atoms with Crippen molar-refractivity contribution in [2.24, 2.45) is 0 Å². The molecule has 4 N–H and O–H groups in total. The fraction of sp³-hybridized carbons (Fsp3) is 0.750. The molecule has 1 amide bonds. The number of amides is 1. The molecule has 0 aromatic heterocycles. The first-order chi connectivity index (χ1) is 6.93. The quantitative estimate of drug-likeness (QED) is 0.360. The average Bonchev–Trinajstić information content (AvgIpc) is 2.14. The lowest BCUT2D eigenvalue weighted by Crippen LogP contribution is -2.53. The maximum atomic E-state index is 11.5. The van der Waals surface area contributed by atoms with Crippen molar-refractivity contribution in [3.8, 4) is 0 Å². The van der Waals surface area contributed by atoms with Crippen molar-refractivity contribution < 1.29 is 19.8 Å². The first-order valence-electron chi connectivity index (χ1n) is 4.43. The predicted molar refractivity (Wildman–Crippen MR) is 57.9 cm³/mol. The second kappa shape index (κ2) is 6.65. The maximum Gasteiger partial charge on any atom is 0.327 e. The van der Waals surface area contributed by atoms with Gasteiger partial charge in [-0.25, -0.2) is 4.79 Å². The van der Waals surface area contributed by atoms with Gasteiger partial charge in [0.15, 0.2) is 0 Å². The van der Waals surface area contributed by atoms with E-state index in [1.807, 2.05) is 0 Å². The smallest absolute Gasteiger partial charge is 0.327 e. The molecule has 0 aromatic rings. The molecule has 0 spiro atoms. The summed E-state index contributed by atoms with van der Waals surface area (Å²) in [6, 6.07) is -1.87. The van der Waals surface area contributed by atoms with Crippen LogP contribution in [-0.2, 0) is 9.59 Å². The number of rotatable bonds is 6. The topological polar surface area (TPSA) is 98.7 Å². The summed E-state index contributed by atoms with van der Waals surface area (Å²) >= 11 is 3.80. The minimum atomic E-state index is -1.15. The normalized spacial score (nSPS) is 16.5. The Hall–Kier alpha value is -0.790. The number of hydrogen-bond acceptors (Lipinski definition) is 5. The second-order valence-electron chi connectivity index (χ2n) is 3.09. The van der Waals surface area contributed by atoms with E-state index >= 15 is 0 Å². The van der Waals surface area contributed by atoms with Crippen LogP contribution in [0.1, 0.15) is 6.92 Å². The van der Waals surface area contributed by atoms with Crippen LogP contribution in [0, 0.1) is 0 Å². The van der Waals surface area contributed by atoms with Gasteiger partial charge in [-0.3, -0.25) is 4.79 Å². The predicted octanol–water partition coefficient (Wildman–Crippen LogP) is -1.55. The van der Waals surface area contributed by atoms with Crippen LogP contribution in [0.25, 0.3) is 0 Å². The molecule has 0 fully saturated rings. The van der Waals surface area contributed by atoms with Crippen LogP contribution >= 0.6 is 12.6 Å². The molecule has 0 unspecified atom stereocenters. The van der Waals surface area contributed by atoms with Crippen molar-refractivity contribution in [2.75, 3.05) is 12.8 Å². The molecular weight excluding hydrogens is 220 g/mol. The van der Waals surface area contributed by atoms with Gasteiger partial charge in [0, 0.05) is 5.75 Å². The minimum Gasteiger partial charge on any atom is -0.480 e. The number of thiol groups is 1. The highest BCUT2D eigenvalue weighted by Gasteiger charge is 2.26. The monoisotopic (exact) mass is 236 g/mol. The maximum absolute atomic E-state index is 11.5. The molecule has 0 rings (SSSR count). The van der Waals surface area contributed by atoms with E-state index in [-0.39, 0.29) is 5.75 Å². The summed E-state index contributed by atoms with van der Waals surface area (Å²) in [6.07, 6.45) is -0.899. The zero-order valence-electron chi connectivity index (χ0n) is 8.60. The van der Waals surface area contributed by atoms with Crippen molar-refractivity contribution in [2.45, 2.75) is 25.1 Å². The van der Waals surface area contributed by atoms with E-state index in [9.17, 15) is 14.7 Å². The van der Waals surface area contributed by atoms with Crippen molar-refractivity contribution >= 4 is 24.5 Å². The summed E-state index contributed by atoms with van der Waals surface area (Å²) < 4.78 is 0. The number of carbonyl (C=O) groups excluding carboxylic acids is 1. The summed E-state index contributed by atoms with van der Waals surface area (Å²) in [5.41, 5.74) is 0. The number of carboxylic acids is 1. The Morgan fingerprint density at radius 2 is 2.00 bits per heavy atom. The van der Waals surface area contributed by atoms with Gasteiger partial charge in [0.2, 0.25) is 5.91 Å². The van der Waals surface area contributed by atoms with E-state index in [1.54, 1.807) is 0 Å². The number of aliphatic hydroxyl groups excluding tert-OH is 1. The Kier molecular flexibility index (Phi) is 6.30. The van der Waals surface area contributed by atoms with Crippen LogP contribution in [0.4, 0.5) is 0 Å². The summed E-state index contributed by atoms with van der Waals surface area (Å²) in [4.78, 5) is 22.1. The Labute approximate surface area is 93.5 Å². The fourth-order valence-corrected chi connectivity index (χ4v) is 1.29. The van der Waals surface area contributed by atoms with Gasteiger partial charge in [-0.05, 0) is 14.0 Å². The highest BCUT2D eigenvalue weighted by molar-refractivity contribution is 7.80. The lowest BCUT2D eigenvalue weighted by molar-refractivity contribution is -0.141. The minimum absolute atomic E-state index is 0.00266. The summed E-state index contributed by atoms with van der Waals surface area (Å²) in [5.74, 6) is -1.72. The largest absolute Gasteiger partial charge is 0.480 e. The molecule has 6 nitrogen and oxygen atoms in total. The number of hydrogen-bond donors (Lipinski definition) is 5. The van der Waals surface area contributed by atoms with Gasteiger partial charge in [-0.1, -0.05) is 0 Å². The van der Waals surface area contributed by atoms with Crippen LogP contribution in [0.2, 0.25) is 0 Å². The van der Waals surface area contributed by atoms with Gasteiger partial charge in [0.1, 0.15) is 12.1 Å². The molecule has 0 aliphatic heterocycles. The fourth-order valence-electron chi connectivity index (χ4n) is 1.04. The molecule has 0 aliphatic rings. The Balaban J connectivity index is 4.38. The standard InChI is InChI=1S/C8H16N2O4S/c1-4(11)6(9-2)7(12)10-5(3-15)8(13)14/h4-6,9,11,15H,3H2,1-2H3,(H,10,12)(H,13,14)/t4-,5+,6+/m1/s1. The molecule has 0 bridgehead atoms. The Bertz CT molecular complexity index is 235. The average molecular weight is 236 g/mol. The number of carboxylic acid groups (broad SMARTS) is 1. The number of carbonyl (C=O) groups is 2. The van der Waals surface area contributed by atoms with E-state index in [2.05, 4.69) is 23.3 Å². The SMILES string of the molecule is CN[C@H](C(=O)N[C@@H](CS)C(=O)O)[C@@H](C)O. The van der Waals surface area contributed by atoms with E-state index in [0.29, 0.717) is 0 Å². The van der Waals surface area contributed by atoms with Gasteiger partial charge >= 0.3 is 5.97 Å². The molecular formula is C8H16N2O4S. The lowest BCUT2D eigenvalue weighted by atomic mass is 10.1. The molecule has 0 heterocycles. The molecule has 0 saturated carbocycles. The summed E-state index contributed by atoms with van der Waals surface area (Å²) in [7, 11) is 1.51. The van der Waals surface area contributed by atoms with E-state index in [4.69, 9.17) is 5.11 Å². The van der Waals surface area contributed by atoms with Gasteiger partial charge in [0.25, 0.3) is 0 Å². The van der Waals surface area contributed by atoms with Crippen LogP contribution in [0.5, 0.6) is 0 Å². The summed E-state index contributed by atoms with van der Waals surface area (Å²) in [5, 5.41) is 22.7. The van der Waals surface area contributed by atoms with Crippen LogP contribution in [0.15, 0.2) is 0 Å². The molecule has 0 aromatic carbocycles. The van der Waals surface area contributed by atoms with Gasteiger partial charge < -0.3 is 20.8 Å². The third kappa shape index (κ3) is 4.50. The molecule has 15 heavy (non-hydrogen) atoms. The van der Waals surface area contributed by atoms with Crippen LogP contribution in [-0.4, -0.2) is 53.1 Å². The van der Waals surface area contributed by atoms with Gasteiger partial charge in [-0.15, -0.1) is 0 Å². The molecule has 0 radical (unpaired) electrons. The van der Waals surface area contributed by atoms with Crippen molar-refractivity contribution in [1.82, 2.24) is 10.6 Å². The Morgan fingerprint density at radius 3 is 2.27 bits per heavy atom. The van der Waals surface area contributed by atoms with E-state index in [1.165, 1.54) is 14.0 Å². The van der Waals surface area contributed by atoms with Crippen LogP contribution in [0.3, 0.4) is 0 Å². The van der Waals surface area contributed by atoms with Crippen molar-refractivity contribution in [1.29, 1.82) is 0 Å². The van der Waals surface area contributed by atoms with Gasteiger partial charge in [0.05, 0.1) is 6.10 Å². The number of nitrogens with one attached hydrogen (secondary N) is 2. The lowest BCUT2D eigenvalue weighted by Gasteiger charge is -2.20. The highest BCUT2D eigenvalue weighted by atomic mass is 32.1. The third-order valence-electron chi connectivity index (χ3n) is 1.87. The second-order valence-corrected chi connectivity index (χ2v) is 3.45. The molecule has 0 saturated heterocycles.